The van der Waals surface area contributed by atoms with Crippen LogP contribution in [0.25, 0.3) is 28.4 Å². The second-order valence-corrected chi connectivity index (χ2v) is 8.45. The number of hydrogen-bond acceptors (Lipinski definition) is 7. The lowest BCUT2D eigenvalue weighted by atomic mass is 10.1. The van der Waals surface area contributed by atoms with Crippen molar-refractivity contribution in [1.29, 1.82) is 0 Å². The zero-order valence-corrected chi connectivity index (χ0v) is 18.0. The first kappa shape index (κ1) is 19.4. The van der Waals surface area contributed by atoms with Crippen LogP contribution in [0.1, 0.15) is 44.8 Å². The zero-order valence-electron chi connectivity index (χ0n) is 18.0. The molecule has 2 fully saturated rings. The van der Waals surface area contributed by atoms with Crippen molar-refractivity contribution in [3.05, 3.63) is 42.9 Å². The monoisotopic (exact) mass is 430 g/mol. The van der Waals surface area contributed by atoms with Crippen LogP contribution >= 0.6 is 0 Å². The average molecular weight is 431 g/mol. The second-order valence-electron chi connectivity index (χ2n) is 8.45. The molecule has 0 aliphatic carbocycles. The van der Waals surface area contributed by atoms with Gasteiger partial charge in [0.25, 0.3) is 5.95 Å². The number of anilines is 1. The molecule has 0 N–H and O–H groups in total. The second kappa shape index (κ2) is 8.31. The number of ether oxygens (including phenoxy) is 1. The van der Waals surface area contributed by atoms with Gasteiger partial charge in [-0.05, 0) is 38.5 Å². The van der Waals surface area contributed by atoms with Gasteiger partial charge in [0, 0.05) is 25.3 Å². The quantitative estimate of drug-likeness (QED) is 0.487. The van der Waals surface area contributed by atoms with Gasteiger partial charge in [-0.15, -0.1) is 5.10 Å². The number of aromatic nitrogens is 7. The van der Waals surface area contributed by atoms with Crippen LogP contribution in [0.4, 0.5) is 5.82 Å². The minimum atomic E-state index is -0.0404. The van der Waals surface area contributed by atoms with Gasteiger partial charge in [-0.25, -0.2) is 4.98 Å². The molecule has 9 heteroatoms. The number of imidazole rings is 1. The van der Waals surface area contributed by atoms with E-state index in [0.717, 1.165) is 80.0 Å². The van der Waals surface area contributed by atoms with E-state index in [1.54, 1.807) is 4.68 Å². The van der Waals surface area contributed by atoms with Crippen molar-refractivity contribution in [2.45, 2.75) is 44.8 Å². The first-order chi connectivity index (χ1) is 15.9. The molecular formula is C23H26N8O. The van der Waals surface area contributed by atoms with Crippen molar-refractivity contribution >= 4 is 17.0 Å². The molecule has 1 atom stereocenters. The van der Waals surface area contributed by atoms with E-state index < -0.39 is 0 Å². The van der Waals surface area contributed by atoms with Crippen LogP contribution in [0.5, 0.6) is 0 Å². The minimum Gasteiger partial charge on any atom is -0.358 e. The van der Waals surface area contributed by atoms with Crippen LogP contribution in [0.3, 0.4) is 0 Å². The molecule has 9 nitrogen and oxygen atoms in total. The van der Waals surface area contributed by atoms with Crippen LogP contribution in [-0.2, 0) is 4.74 Å². The van der Waals surface area contributed by atoms with E-state index in [2.05, 4.69) is 19.8 Å². The first-order valence-electron chi connectivity index (χ1n) is 11.5. The fourth-order valence-corrected chi connectivity index (χ4v) is 4.58. The van der Waals surface area contributed by atoms with Gasteiger partial charge in [0.2, 0.25) is 0 Å². The number of nitrogens with zero attached hydrogens (tertiary/aromatic N) is 8. The summed E-state index contributed by atoms with van der Waals surface area (Å²) in [5, 5.41) is 8.70. The number of benzene rings is 1. The Labute approximate surface area is 186 Å². The number of fused-ring (bicyclic) bond motifs is 1. The highest BCUT2D eigenvalue weighted by molar-refractivity contribution is 5.84. The smallest absolute Gasteiger partial charge is 0.256 e. The summed E-state index contributed by atoms with van der Waals surface area (Å²) in [4.78, 5) is 16.9. The Morgan fingerprint density at radius 3 is 2.62 bits per heavy atom. The van der Waals surface area contributed by atoms with Crippen LogP contribution in [0.2, 0.25) is 0 Å². The van der Waals surface area contributed by atoms with Crippen molar-refractivity contribution < 1.29 is 4.74 Å². The van der Waals surface area contributed by atoms with Gasteiger partial charge in [0.05, 0.1) is 12.5 Å². The Balaban J connectivity index is 1.46. The molecule has 0 saturated carbocycles. The Kier molecular flexibility index (Phi) is 5.03. The molecule has 0 radical (unpaired) electrons. The third kappa shape index (κ3) is 3.52. The van der Waals surface area contributed by atoms with E-state index in [1.807, 2.05) is 42.9 Å². The van der Waals surface area contributed by atoms with Crippen LogP contribution < -0.4 is 4.90 Å². The molecule has 32 heavy (non-hydrogen) atoms. The predicted molar refractivity (Wildman–Crippen MR) is 121 cm³/mol. The Hall–Kier alpha value is -3.33. The van der Waals surface area contributed by atoms with Gasteiger partial charge in [-0.2, -0.15) is 14.6 Å². The van der Waals surface area contributed by atoms with Crippen molar-refractivity contribution in [2.24, 2.45) is 0 Å². The first-order valence-corrected chi connectivity index (χ1v) is 11.5. The van der Waals surface area contributed by atoms with Crippen molar-refractivity contribution in [2.75, 3.05) is 24.6 Å². The SMILES string of the molecule is c1ccc(-c2cn(-c3nc(N4CCCCC4)c4ncn(C5CCCCO5)c4n3)nn2)cc1. The maximum atomic E-state index is 6.04. The molecule has 6 rings (SSSR count). The fourth-order valence-electron chi connectivity index (χ4n) is 4.58. The lowest BCUT2D eigenvalue weighted by molar-refractivity contribution is -0.0298. The topological polar surface area (TPSA) is 86.8 Å². The third-order valence-corrected chi connectivity index (χ3v) is 6.28. The summed E-state index contributed by atoms with van der Waals surface area (Å²) in [6.45, 7) is 2.72. The molecule has 5 heterocycles. The van der Waals surface area contributed by atoms with E-state index >= 15 is 0 Å². The van der Waals surface area contributed by atoms with Gasteiger partial charge in [-0.3, -0.25) is 4.57 Å². The molecule has 2 aliphatic rings. The van der Waals surface area contributed by atoms with Gasteiger partial charge in [0.15, 0.2) is 17.0 Å². The van der Waals surface area contributed by atoms with Crippen molar-refractivity contribution in [1.82, 2.24) is 34.5 Å². The molecule has 2 aliphatic heterocycles. The summed E-state index contributed by atoms with van der Waals surface area (Å²) in [7, 11) is 0. The van der Waals surface area contributed by atoms with Crippen molar-refractivity contribution in [3.8, 4) is 17.2 Å². The molecule has 0 spiro atoms. The fraction of sp³-hybridized carbons (Fsp3) is 0.435. The summed E-state index contributed by atoms with van der Waals surface area (Å²) in [6.07, 6.45) is 10.5. The maximum absolute atomic E-state index is 6.04. The van der Waals surface area contributed by atoms with Gasteiger partial charge >= 0.3 is 0 Å². The summed E-state index contributed by atoms with van der Waals surface area (Å²) in [5.41, 5.74) is 3.42. The van der Waals surface area contributed by atoms with Crippen molar-refractivity contribution in [3.63, 3.8) is 0 Å². The molecule has 3 aromatic heterocycles. The molecule has 1 unspecified atom stereocenters. The summed E-state index contributed by atoms with van der Waals surface area (Å²) in [5.74, 6) is 1.38. The molecule has 164 valence electrons. The van der Waals surface area contributed by atoms with Crippen LogP contribution in [0, 0.1) is 0 Å². The molecule has 4 aromatic rings. The maximum Gasteiger partial charge on any atom is 0.256 e. The number of piperidine rings is 1. The molecule has 2 saturated heterocycles. The largest absolute Gasteiger partial charge is 0.358 e. The highest BCUT2D eigenvalue weighted by Gasteiger charge is 2.25. The lowest BCUT2D eigenvalue weighted by Gasteiger charge is -2.28. The van der Waals surface area contributed by atoms with Gasteiger partial charge in [0.1, 0.15) is 11.9 Å². The van der Waals surface area contributed by atoms with Gasteiger partial charge < -0.3 is 9.64 Å². The Morgan fingerprint density at radius 2 is 1.81 bits per heavy atom. The molecule has 0 bridgehead atoms. The Bertz CT molecular complexity index is 1210. The summed E-state index contributed by atoms with van der Waals surface area (Å²) >= 11 is 0. The highest BCUT2D eigenvalue weighted by Crippen LogP contribution is 2.31. The molecular weight excluding hydrogens is 404 g/mol. The third-order valence-electron chi connectivity index (χ3n) is 6.28. The van der Waals surface area contributed by atoms with E-state index in [0.29, 0.717) is 5.95 Å². The average Bonchev–Trinajstić information content (AvgIpc) is 3.53. The standard InChI is InChI=1S/C23H26N8O/c1-3-9-17(10-4-1)18-15-31(28-27-18)23-25-21(29-12-6-2-7-13-29)20-22(26-23)30(16-24-20)19-11-5-8-14-32-19/h1,3-4,9-10,15-16,19H,2,5-8,11-14H2. The minimum absolute atomic E-state index is 0.0404. The van der Waals surface area contributed by atoms with E-state index in [1.165, 1.54) is 6.42 Å². The van der Waals surface area contributed by atoms with Gasteiger partial charge in [-0.1, -0.05) is 35.5 Å². The molecule has 1 aromatic carbocycles. The number of rotatable bonds is 4. The zero-order chi connectivity index (χ0) is 21.3. The summed E-state index contributed by atoms with van der Waals surface area (Å²) < 4.78 is 9.76. The molecule has 0 amide bonds. The van der Waals surface area contributed by atoms with E-state index in [4.69, 9.17) is 19.7 Å². The summed E-state index contributed by atoms with van der Waals surface area (Å²) in [6, 6.07) is 10.0. The Morgan fingerprint density at radius 1 is 0.938 bits per heavy atom. The normalized spacial score (nSPS) is 19.5. The highest BCUT2D eigenvalue weighted by atomic mass is 16.5. The van der Waals surface area contributed by atoms with Crippen LogP contribution in [0.15, 0.2) is 42.9 Å². The predicted octanol–water partition coefficient (Wildman–Crippen LogP) is 3.76. The van der Waals surface area contributed by atoms with E-state index in [-0.39, 0.29) is 6.23 Å². The van der Waals surface area contributed by atoms with E-state index in [9.17, 15) is 0 Å². The lowest BCUT2D eigenvalue weighted by Crippen LogP contribution is -2.31. The van der Waals surface area contributed by atoms with Crippen LogP contribution in [-0.4, -0.2) is 54.2 Å². The number of hydrogen-bond donors (Lipinski definition) is 0.